The molecule has 0 spiro atoms. The van der Waals surface area contributed by atoms with Crippen molar-refractivity contribution in [2.75, 3.05) is 12.3 Å². The first-order chi connectivity index (χ1) is 8.70. The van der Waals surface area contributed by atoms with Crippen molar-refractivity contribution in [2.45, 2.75) is 26.4 Å². The molecule has 0 radical (unpaired) electrons. The van der Waals surface area contributed by atoms with Crippen molar-refractivity contribution in [3.63, 3.8) is 0 Å². The molecular formula is C14H17N3O. The first-order valence-electron chi connectivity index (χ1n) is 6.22. The number of rotatable bonds is 2. The summed E-state index contributed by atoms with van der Waals surface area (Å²) in [7, 11) is 0. The number of aromatic nitrogens is 1. The van der Waals surface area contributed by atoms with Crippen LogP contribution in [0.1, 0.15) is 22.6 Å². The van der Waals surface area contributed by atoms with Crippen LogP contribution >= 0.6 is 0 Å². The van der Waals surface area contributed by atoms with Crippen LogP contribution in [0.4, 0.5) is 6.01 Å². The standard InChI is InChI=1S/C14H17N3O/c1-10-3-2-4-11(7-10)8-17-6-5-12-13(9-17)18-14(15)16-12/h2-4,7H,5-6,8-9H2,1H3,(H2,15,16). The van der Waals surface area contributed by atoms with E-state index in [1.807, 2.05) is 0 Å². The number of nitrogen functional groups attached to an aromatic ring is 1. The molecule has 0 amide bonds. The van der Waals surface area contributed by atoms with Gasteiger partial charge in [0, 0.05) is 19.5 Å². The maximum atomic E-state index is 5.58. The second-order valence-corrected chi connectivity index (χ2v) is 4.87. The molecule has 94 valence electrons. The van der Waals surface area contributed by atoms with E-state index in [0.717, 1.165) is 37.5 Å². The normalized spacial score (nSPS) is 15.6. The summed E-state index contributed by atoms with van der Waals surface area (Å²) in [5.41, 5.74) is 9.24. The van der Waals surface area contributed by atoms with E-state index in [2.05, 4.69) is 41.1 Å². The van der Waals surface area contributed by atoms with Crippen LogP contribution in [0.3, 0.4) is 0 Å². The Balaban J connectivity index is 1.73. The summed E-state index contributed by atoms with van der Waals surface area (Å²) >= 11 is 0. The molecular weight excluding hydrogens is 226 g/mol. The number of aryl methyl sites for hydroxylation is 1. The third kappa shape index (κ3) is 2.24. The summed E-state index contributed by atoms with van der Waals surface area (Å²) in [6.07, 6.45) is 0.919. The minimum absolute atomic E-state index is 0.289. The number of benzene rings is 1. The second kappa shape index (κ2) is 4.46. The summed E-state index contributed by atoms with van der Waals surface area (Å²) in [4.78, 5) is 6.55. The van der Waals surface area contributed by atoms with E-state index in [0.29, 0.717) is 0 Å². The van der Waals surface area contributed by atoms with E-state index in [4.69, 9.17) is 10.2 Å². The number of nitrogens with two attached hydrogens (primary N) is 1. The maximum Gasteiger partial charge on any atom is 0.292 e. The summed E-state index contributed by atoms with van der Waals surface area (Å²) in [6, 6.07) is 8.90. The van der Waals surface area contributed by atoms with Crippen LogP contribution in [-0.2, 0) is 19.5 Å². The molecule has 1 aliphatic heterocycles. The van der Waals surface area contributed by atoms with Crippen molar-refractivity contribution >= 4 is 6.01 Å². The molecule has 2 N–H and O–H groups in total. The number of fused-ring (bicyclic) bond motifs is 1. The Labute approximate surface area is 106 Å². The number of hydrogen-bond donors (Lipinski definition) is 1. The first-order valence-corrected chi connectivity index (χ1v) is 6.22. The van der Waals surface area contributed by atoms with Gasteiger partial charge in [0.1, 0.15) is 5.76 Å². The molecule has 1 aromatic heterocycles. The van der Waals surface area contributed by atoms with Crippen LogP contribution < -0.4 is 5.73 Å². The number of hydrogen-bond acceptors (Lipinski definition) is 4. The Bertz CT molecular complexity index is 562. The summed E-state index contributed by atoms with van der Waals surface area (Å²) in [6.45, 7) is 4.87. The fourth-order valence-corrected chi connectivity index (χ4v) is 2.47. The number of anilines is 1. The quantitative estimate of drug-likeness (QED) is 0.877. The zero-order chi connectivity index (χ0) is 12.5. The number of nitrogens with zero attached hydrogens (tertiary/aromatic N) is 2. The van der Waals surface area contributed by atoms with E-state index in [9.17, 15) is 0 Å². The highest BCUT2D eigenvalue weighted by molar-refractivity contribution is 5.24. The Morgan fingerprint density at radius 3 is 3.17 bits per heavy atom. The first kappa shape index (κ1) is 11.3. The fourth-order valence-electron chi connectivity index (χ4n) is 2.47. The lowest BCUT2D eigenvalue weighted by Crippen LogP contribution is -2.29. The Morgan fingerprint density at radius 2 is 2.33 bits per heavy atom. The Morgan fingerprint density at radius 1 is 1.44 bits per heavy atom. The molecule has 0 atom stereocenters. The molecule has 0 unspecified atom stereocenters. The lowest BCUT2D eigenvalue weighted by molar-refractivity contribution is 0.222. The van der Waals surface area contributed by atoms with Gasteiger partial charge < -0.3 is 10.2 Å². The van der Waals surface area contributed by atoms with Gasteiger partial charge in [0.15, 0.2) is 0 Å². The van der Waals surface area contributed by atoms with E-state index < -0.39 is 0 Å². The molecule has 0 fully saturated rings. The minimum Gasteiger partial charge on any atom is -0.427 e. The van der Waals surface area contributed by atoms with Crippen LogP contribution in [0, 0.1) is 6.92 Å². The van der Waals surface area contributed by atoms with Gasteiger partial charge in [-0.25, -0.2) is 0 Å². The molecule has 0 saturated heterocycles. The molecule has 18 heavy (non-hydrogen) atoms. The highest BCUT2D eigenvalue weighted by atomic mass is 16.4. The van der Waals surface area contributed by atoms with Gasteiger partial charge in [0.25, 0.3) is 6.01 Å². The monoisotopic (exact) mass is 243 g/mol. The molecule has 4 nitrogen and oxygen atoms in total. The molecule has 4 heteroatoms. The van der Waals surface area contributed by atoms with E-state index in [1.54, 1.807) is 0 Å². The lowest BCUT2D eigenvalue weighted by Gasteiger charge is -2.25. The van der Waals surface area contributed by atoms with Gasteiger partial charge in [-0.05, 0) is 12.5 Å². The maximum absolute atomic E-state index is 5.58. The van der Waals surface area contributed by atoms with Crippen molar-refractivity contribution in [1.82, 2.24) is 9.88 Å². The topological polar surface area (TPSA) is 55.3 Å². The van der Waals surface area contributed by atoms with Crippen LogP contribution in [-0.4, -0.2) is 16.4 Å². The average Bonchev–Trinajstić information content (AvgIpc) is 2.68. The van der Waals surface area contributed by atoms with Crippen LogP contribution in [0.5, 0.6) is 0 Å². The molecule has 2 aromatic rings. The average molecular weight is 243 g/mol. The van der Waals surface area contributed by atoms with Crippen molar-refractivity contribution in [1.29, 1.82) is 0 Å². The molecule has 0 saturated carbocycles. The van der Waals surface area contributed by atoms with Crippen LogP contribution in [0.15, 0.2) is 28.7 Å². The van der Waals surface area contributed by atoms with Gasteiger partial charge in [-0.1, -0.05) is 29.8 Å². The molecule has 0 aliphatic carbocycles. The van der Waals surface area contributed by atoms with E-state index in [1.165, 1.54) is 11.1 Å². The van der Waals surface area contributed by atoms with Gasteiger partial charge in [-0.3, -0.25) is 4.90 Å². The summed E-state index contributed by atoms with van der Waals surface area (Å²) in [5, 5.41) is 0. The molecule has 2 heterocycles. The van der Waals surface area contributed by atoms with Crippen molar-refractivity contribution in [3.05, 3.63) is 46.8 Å². The van der Waals surface area contributed by atoms with Crippen molar-refractivity contribution in [3.8, 4) is 0 Å². The number of oxazole rings is 1. The van der Waals surface area contributed by atoms with Gasteiger partial charge in [0.2, 0.25) is 0 Å². The van der Waals surface area contributed by atoms with Gasteiger partial charge in [-0.15, -0.1) is 0 Å². The zero-order valence-corrected chi connectivity index (χ0v) is 10.5. The third-order valence-corrected chi connectivity index (χ3v) is 3.32. The summed E-state index contributed by atoms with van der Waals surface area (Å²) < 4.78 is 5.42. The Hall–Kier alpha value is -1.81. The van der Waals surface area contributed by atoms with Crippen molar-refractivity contribution in [2.24, 2.45) is 0 Å². The van der Waals surface area contributed by atoms with Crippen LogP contribution in [0.25, 0.3) is 0 Å². The molecule has 1 aliphatic rings. The third-order valence-electron chi connectivity index (χ3n) is 3.32. The van der Waals surface area contributed by atoms with Gasteiger partial charge in [-0.2, -0.15) is 4.98 Å². The largest absolute Gasteiger partial charge is 0.427 e. The van der Waals surface area contributed by atoms with Gasteiger partial charge >= 0.3 is 0 Å². The Kier molecular flexibility index (Phi) is 2.80. The van der Waals surface area contributed by atoms with Crippen LogP contribution in [0.2, 0.25) is 0 Å². The molecule has 0 bridgehead atoms. The van der Waals surface area contributed by atoms with E-state index in [-0.39, 0.29) is 6.01 Å². The minimum atomic E-state index is 0.289. The predicted octanol–water partition coefficient (Wildman–Crippen LogP) is 2.12. The molecule has 3 rings (SSSR count). The highest BCUT2D eigenvalue weighted by Gasteiger charge is 2.21. The van der Waals surface area contributed by atoms with Gasteiger partial charge in [0.05, 0.1) is 12.2 Å². The SMILES string of the molecule is Cc1cccc(CN2CCc3nc(N)oc3C2)c1. The molecule has 1 aromatic carbocycles. The smallest absolute Gasteiger partial charge is 0.292 e. The summed E-state index contributed by atoms with van der Waals surface area (Å²) in [5.74, 6) is 0.923. The van der Waals surface area contributed by atoms with Crippen molar-refractivity contribution < 1.29 is 4.42 Å². The zero-order valence-electron chi connectivity index (χ0n) is 10.5. The lowest BCUT2D eigenvalue weighted by atomic mass is 10.1. The fraction of sp³-hybridized carbons (Fsp3) is 0.357. The highest BCUT2D eigenvalue weighted by Crippen LogP contribution is 2.22. The second-order valence-electron chi connectivity index (χ2n) is 4.87. The van der Waals surface area contributed by atoms with E-state index >= 15 is 0 Å². The predicted molar refractivity (Wildman–Crippen MR) is 69.9 cm³/mol.